The van der Waals surface area contributed by atoms with Crippen LogP contribution in [0.4, 0.5) is 24.5 Å². The maximum Gasteiger partial charge on any atom is 0.416 e. The maximum absolute atomic E-state index is 13.5. The van der Waals surface area contributed by atoms with E-state index >= 15 is 0 Å². The van der Waals surface area contributed by atoms with Crippen LogP contribution in [0.15, 0.2) is 54.6 Å². The summed E-state index contributed by atoms with van der Waals surface area (Å²) in [6.45, 7) is 0. The topological polar surface area (TPSA) is 55.2 Å². The van der Waals surface area contributed by atoms with E-state index in [0.717, 1.165) is 11.6 Å². The number of halogens is 3. The highest BCUT2D eigenvalue weighted by molar-refractivity contribution is 5.71. The first-order valence-corrected chi connectivity index (χ1v) is 8.24. The van der Waals surface area contributed by atoms with Crippen LogP contribution >= 0.6 is 0 Å². The third-order valence-corrected chi connectivity index (χ3v) is 5.17. The number of anilines is 1. The summed E-state index contributed by atoms with van der Waals surface area (Å²) in [6.07, 6.45) is 0.0186. The zero-order valence-electron chi connectivity index (χ0n) is 13.5. The summed E-state index contributed by atoms with van der Waals surface area (Å²) in [5, 5.41) is 14.5. The van der Waals surface area contributed by atoms with E-state index < -0.39 is 22.7 Å². The SMILES string of the molecule is O=[N+]([O-])c1cccc2c1N[C@H](c1ccccc1C(F)(F)F)[C@@H]1CC=C[C@H]21. The lowest BCUT2D eigenvalue weighted by molar-refractivity contribution is -0.384. The molecule has 2 aliphatic rings. The predicted molar refractivity (Wildman–Crippen MR) is 90.9 cm³/mol. The Morgan fingerprint density at radius 2 is 1.81 bits per heavy atom. The fourth-order valence-electron chi connectivity index (χ4n) is 4.09. The van der Waals surface area contributed by atoms with Gasteiger partial charge in [0.25, 0.3) is 5.69 Å². The Kier molecular flexibility index (Phi) is 3.75. The first kappa shape index (κ1) is 16.6. The second-order valence-electron chi connectivity index (χ2n) is 6.56. The number of hydrogen-bond donors (Lipinski definition) is 1. The molecule has 1 aliphatic carbocycles. The van der Waals surface area contributed by atoms with E-state index in [1.54, 1.807) is 18.2 Å². The van der Waals surface area contributed by atoms with Crippen molar-refractivity contribution < 1.29 is 18.1 Å². The molecule has 0 fully saturated rings. The molecular formula is C19H15F3N2O2. The molecule has 0 spiro atoms. The van der Waals surface area contributed by atoms with Gasteiger partial charge in [-0.25, -0.2) is 0 Å². The van der Waals surface area contributed by atoms with Crippen molar-refractivity contribution in [2.75, 3.05) is 5.32 Å². The predicted octanol–water partition coefficient (Wildman–Crippen LogP) is 5.44. The van der Waals surface area contributed by atoms with Gasteiger partial charge in [-0.2, -0.15) is 13.2 Å². The maximum atomic E-state index is 13.5. The number of benzene rings is 2. The molecule has 3 atom stereocenters. The summed E-state index contributed by atoms with van der Waals surface area (Å²) in [6, 6.07) is 9.58. The van der Waals surface area contributed by atoms with Gasteiger partial charge < -0.3 is 5.32 Å². The van der Waals surface area contributed by atoms with E-state index in [2.05, 4.69) is 5.32 Å². The number of nitro benzene ring substituents is 1. The van der Waals surface area contributed by atoms with Crippen LogP contribution in [0.25, 0.3) is 0 Å². The van der Waals surface area contributed by atoms with Gasteiger partial charge in [-0.15, -0.1) is 0 Å². The van der Waals surface area contributed by atoms with Crippen LogP contribution in [0.5, 0.6) is 0 Å². The molecule has 4 rings (SSSR count). The smallest absolute Gasteiger partial charge is 0.372 e. The van der Waals surface area contributed by atoms with Gasteiger partial charge in [0.2, 0.25) is 0 Å². The van der Waals surface area contributed by atoms with Crippen LogP contribution in [0.3, 0.4) is 0 Å². The van der Waals surface area contributed by atoms with E-state index in [4.69, 9.17) is 0 Å². The second kappa shape index (κ2) is 5.86. The van der Waals surface area contributed by atoms with Crippen LogP contribution in [0, 0.1) is 16.0 Å². The Morgan fingerprint density at radius 1 is 1.08 bits per heavy atom. The van der Waals surface area contributed by atoms with Crippen molar-refractivity contribution in [2.45, 2.75) is 24.6 Å². The minimum Gasteiger partial charge on any atom is -0.372 e. The van der Waals surface area contributed by atoms with E-state index in [9.17, 15) is 23.3 Å². The molecule has 0 bridgehead atoms. The number of nitro groups is 1. The first-order chi connectivity index (χ1) is 12.4. The van der Waals surface area contributed by atoms with Crippen molar-refractivity contribution >= 4 is 11.4 Å². The Labute approximate surface area is 147 Å². The van der Waals surface area contributed by atoms with Gasteiger partial charge in [0.15, 0.2) is 0 Å². The summed E-state index contributed by atoms with van der Waals surface area (Å²) in [7, 11) is 0. The Hall–Kier alpha value is -2.83. The third-order valence-electron chi connectivity index (χ3n) is 5.17. The summed E-state index contributed by atoms with van der Waals surface area (Å²) in [5.74, 6) is -0.259. The molecule has 0 radical (unpaired) electrons. The number of fused-ring (bicyclic) bond motifs is 3. The lowest BCUT2D eigenvalue weighted by atomic mass is 9.76. The standard InChI is InChI=1S/C19H15F3N2O2/c20-19(21,22)15-9-2-1-5-14(15)17-12-7-3-6-11(12)13-8-4-10-16(24(25)26)18(13)23-17/h1-6,8-12,17,23H,7H2/t11-,12+,17-/m0/s1. The van der Waals surface area contributed by atoms with Crippen molar-refractivity contribution in [1.82, 2.24) is 0 Å². The van der Waals surface area contributed by atoms with Gasteiger partial charge in [0.05, 0.1) is 16.5 Å². The fraction of sp³-hybridized carbons (Fsp3) is 0.263. The van der Waals surface area contributed by atoms with Crippen LogP contribution in [0.2, 0.25) is 0 Å². The van der Waals surface area contributed by atoms with Crippen molar-refractivity contribution in [2.24, 2.45) is 5.92 Å². The minimum absolute atomic E-state index is 0.115. The highest BCUT2D eigenvalue weighted by Gasteiger charge is 2.43. The molecule has 4 nitrogen and oxygen atoms in total. The fourth-order valence-corrected chi connectivity index (χ4v) is 4.09. The Morgan fingerprint density at radius 3 is 2.54 bits per heavy atom. The van der Waals surface area contributed by atoms with Gasteiger partial charge in [-0.3, -0.25) is 10.1 Å². The van der Waals surface area contributed by atoms with E-state index in [-0.39, 0.29) is 23.1 Å². The molecule has 0 unspecified atom stereocenters. The van der Waals surface area contributed by atoms with Crippen molar-refractivity contribution in [3.63, 3.8) is 0 Å². The molecule has 134 valence electrons. The van der Waals surface area contributed by atoms with Crippen LogP contribution in [-0.4, -0.2) is 4.92 Å². The van der Waals surface area contributed by atoms with E-state index in [0.29, 0.717) is 12.1 Å². The molecule has 1 aliphatic heterocycles. The lowest BCUT2D eigenvalue weighted by Gasteiger charge is -2.38. The normalized spacial score (nSPS) is 23.9. The number of nitrogens with zero attached hydrogens (tertiary/aromatic N) is 1. The molecule has 26 heavy (non-hydrogen) atoms. The van der Waals surface area contributed by atoms with Crippen molar-refractivity contribution in [1.29, 1.82) is 0 Å². The van der Waals surface area contributed by atoms with Gasteiger partial charge in [0, 0.05) is 12.0 Å². The minimum atomic E-state index is -4.48. The molecule has 2 aromatic rings. The quantitative estimate of drug-likeness (QED) is 0.441. The molecule has 0 saturated carbocycles. The third kappa shape index (κ3) is 2.55. The molecule has 7 heteroatoms. The highest BCUT2D eigenvalue weighted by Crippen LogP contribution is 2.53. The lowest BCUT2D eigenvalue weighted by Crippen LogP contribution is -2.31. The average Bonchev–Trinajstić information content (AvgIpc) is 3.09. The number of allylic oxidation sites excluding steroid dienone is 2. The second-order valence-corrected chi connectivity index (χ2v) is 6.56. The first-order valence-electron chi connectivity index (χ1n) is 8.24. The molecule has 2 aromatic carbocycles. The number of hydrogen-bond acceptors (Lipinski definition) is 3. The van der Waals surface area contributed by atoms with Crippen LogP contribution < -0.4 is 5.32 Å². The number of para-hydroxylation sites is 1. The monoisotopic (exact) mass is 360 g/mol. The molecule has 1 heterocycles. The average molecular weight is 360 g/mol. The van der Waals surface area contributed by atoms with E-state index in [1.807, 2.05) is 12.2 Å². The summed E-state index contributed by atoms with van der Waals surface area (Å²) >= 11 is 0. The molecule has 0 saturated heterocycles. The van der Waals surface area contributed by atoms with Crippen molar-refractivity contribution in [3.8, 4) is 0 Å². The molecule has 0 amide bonds. The van der Waals surface area contributed by atoms with Gasteiger partial charge in [-0.05, 0) is 29.5 Å². The van der Waals surface area contributed by atoms with E-state index in [1.165, 1.54) is 18.2 Å². The van der Waals surface area contributed by atoms with Crippen LogP contribution in [0.1, 0.15) is 35.1 Å². The number of alkyl halides is 3. The zero-order valence-corrected chi connectivity index (χ0v) is 13.5. The summed E-state index contributed by atoms with van der Waals surface area (Å²) < 4.78 is 40.5. The summed E-state index contributed by atoms with van der Waals surface area (Å²) in [4.78, 5) is 10.9. The van der Waals surface area contributed by atoms with Gasteiger partial charge >= 0.3 is 6.18 Å². The molecule has 0 aromatic heterocycles. The molecule has 1 N–H and O–H groups in total. The Balaban J connectivity index is 1.88. The summed E-state index contributed by atoms with van der Waals surface area (Å²) in [5.41, 5.74) is 0.384. The van der Waals surface area contributed by atoms with Gasteiger partial charge in [0.1, 0.15) is 5.69 Å². The van der Waals surface area contributed by atoms with Crippen LogP contribution in [-0.2, 0) is 6.18 Å². The number of nitrogens with one attached hydrogen (secondary N) is 1. The Bertz CT molecular complexity index is 908. The number of rotatable bonds is 2. The largest absolute Gasteiger partial charge is 0.416 e. The zero-order chi connectivity index (χ0) is 18.5. The van der Waals surface area contributed by atoms with Crippen molar-refractivity contribution in [3.05, 3.63) is 81.4 Å². The van der Waals surface area contributed by atoms with Gasteiger partial charge in [-0.1, -0.05) is 42.5 Å². The highest BCUT2D eigenvalue weighted by atomic mass is 19.4. The molecular weight excluding hydrogens is 345 g/mol.